The van der Waals surface area contributed by atoms with E-state index in [9.17, 15) is 0 Å². The zero-order valence-corrected chi connectivity index (χ0v) is 13.8. The number of nitrogens with zero attached hydrogens (tertiary/aromatic N) is 4. The second-order valence-electron chi connectivity index (χ2n) is 5.72. The first-order valence-corrected chi connectivity index (χ1v) is 7.69. The van der Waals surface area contributed by atoms with Crippen LogP contribution < -0.4 is 5.32 Å². The average Bonchev–Trinajstić information content (AvgIpc) is 3.04. The van der Waals surface area contributed by atoms with Crippen molar-refractivity contribution in [3.05, 3.63) is 28.7 Å². The molecule has 0 amide bonds. The molecule has 0 spiro atoms. The van der Waals surface area contributed by atoms with E-state index in [1.807, 2.05) is 32.4 Å². The summed E-state index contributed by atoms with van der Waals surface area (Å²) in [4.78, 5) is 4.36. The zero-order valence-electron chi connectivity index (χ0n) is 13.8. The molecule has 22 heavy (non-hydrogen) atoms. The van der Waals surface area contributed by atoms with Gasteiger partial charge in [-0.2, -0.15) is 10.1 Å². The highest BCUT2D eigenvalue weighted by molar-refractivity contribution is 5.24. The summed E-state index contributed by atoms with van der Waals surface area (Å²) in [5.41, 5.74) is 3.28. The van der Waals surface area contributed by atoms with Crippen molar-refractivity contribution in [1.82, 2.24) is 25.2 Å². The van der Waals surface area contributed by atoms with Crippen molar-refractivity contribution in [2.24, 2.45) is 0 Å². The van der Waals surface area contributed by atoms with E-state index in [0.29, 0.717) is 18.9 Å². The molecule has 0 radical (unpaired) electrons. The van der Waals surface area contributed by atoms with Gasteiger partial charge in [-0.25, -0.2) is 0 Å². The molecule has 2 rings (SSSR count). The maximum atomic E-state index is 9.03. The minimum absolute atomic E-state index is 0.101. The first-order chi connectivity index (χ1) is 10.5. The Bertz CT molecular complexity index is 603. The van der Waals surface area contributed by atoms with Gasteiger partial charge in [0.25, 0.3) is 0 Å². The summed E-state index contributed by atoms with van der Waals surface area (Å²) < 4.78 is 7.06. The number of rotatable bonds is 8. The molecule has 122 valence electrons. The molecule has 0 bridgehead atoms. The summed E-state index contributed by atoms with van der Waals surface area (Å²) in [5, 5.41) is 20.8. The molecule has 0 aliphatic rings. The summed E-state index contributed by atoms with van der Waals surface area (Å²) in [6.45, 7) is 10.3. The first-order valence-electron chi connectivity index (χ1n) is 7.69. The van der Waals surface area contributed by atoms with Crippen LogP contribution in [0.3, 0.4) is 0 Å². The van der Waals surface area contributed by atoms with E-state index in [-0.39, 0.29) is 12.5 Å². The summed E-state index contributed by atoms with van der Waals surface area (Å²) >= 11 is 0. The highest BCUT2D eigenvalue weighted by atomic mass is 16.5. The number of nitrogens with one attached hydrogen (secondary N) is 1. The summed E-state index contributed by atoms with van der Waals surface area (Å²) in [6.07, 6.45) is 0.711. The third-order valence-electron chi connectivity index (χ3n) is 3.66. The van der Waals surface area contributed by atoms with Gasteiger partial charge in [-0.1, -0.05) is 19.0 Å². The monoisotopic (exact) mass is 307 g/mol. The third kappa shape index (κ3) is 3.92. The fourth-order valence-electron chi connectivity index (χ4n) is 2.32. The van der Waals surface area contributed by atoms with Gasteiger partial charge < -0.3 is 14.9 Å². The molecule has 0 aliphatic carbocycles. The predicted octanol–water partition coefficient (Wildman–Crippen LogP) is 1.33. The van der Waals surface area contributed by atoms with E-state index >= 15 is 0 Å². The fourth-order valence-corrected chi connectivity index (χ4v) is 2.32. The van der Waals surface area contributed by atoms with Gasteiger partial charge in [0.05, 0.1) is 18.8 Å². The average molecular weight is 307 g/mol. The molecule has 0 saturated carbocycles. The molecule has 0 aromatic carbocycles. The van der Waals surface area contributed by atoms with Gasteiger partial charge in [0.2, 0.25) is 5.89 Å². The van der Waals surface area contributed by atoms with Crippen LogP contribution in [-0.4, -0.2) is 38.2 Å². The predicted molar refractivity (Wildman–Crippen MR) is 82.6 cm³/mol. The minimum atomic E-state index is 0.101. The third-order valence-corrected chi connectivity index (χ3v) is 3.66. The van der Waals surface area contributed by atoms with Gasteiger partial charge in [-0.3, -0.25) is 4.68 Å². The Morgan fingerprint density at radius 3 is 2.73 bits per heavy atom. The Morgan fingerprint density at radius 2 is 2.09 bits per heavy atom. The van der Waals surface area contributed by atoms with Crippen molar-refractivity contribution >= 4 is 0 Å². The normalized spacial score (nSPS) is 11.5. The lowest BCUT2D eigenvalue weighted by Gasteiger charge is -2.05. The number of aryl methyl sites for hydroxylation is 1. The Balaban J connectivity index is 1.83. The summed E-state index contributed by atoms with van der Waals surface area (Å²) in [6, 6.07) is 0. The Kier molecular flexibility index (Phi) is 5.68. The highest BCUT2D eigenvalue weighted by Gasteiger charge is 2.12. The van der Waals surface area contributed by atoms with E-state index in [0.717, 1.165) is 30.3 Å². The molecule has 2 heterocycles. The standard InChI is InChI=1S/C15H25N5O2/c1-10(2)15-17-14(22-19-15)5-6-16-9-13-11(3)18-20(7-8-21)12(13)4/h10,16,21H,5-9H2,1-4H3. The van der Waals surface area contributed by atoms with Crippen LogP contribution in [0.2, 0.25) is 0 Å². The maximum Gasteiger partial charge on any atom is 0.227 e. The van der Waals surface area contributed by atoms with E-state index in [4.69, 9.17) is 9.63 Å². The number of aliphatic hydroxyl groups excluding tert-OH is 1. The molecule has 2 N–H and O–H groups in total. The van der Waals surface area contributed by atoms with Gasteiger partial charge in [0.1, 0.15) is 0 Å². The van der Waals surface area contributed by atoms with E-state index in [1.165, 1.54) is 5.56 Å². The maximum absolute atomic E-state index is 9.03. The number of aliphatic hydroxyl groups is 1. The van der Waals surface area contributed by atoms with Gasteiger partial charge in [0, 0.05) is 36.7 Å². The lowest BCUT2D eigenvalue weighted by atomic mass is 10.2. The zero-order chi connectivity index (χ0) is 16.1. The molecule has 7 heteroatoms. The van der Waals surface area contributed by atoms with Crippen molar-refractivity contribution in [2.75, 3.05) is 13.2 Å². The Hall–Kier alpha value is -1.73. The molecule has 0 unspecified atom stereocenters. The lowest BCUT2D eigenvalue weighted by Crippen LogP contribution is -2.18. The Labute approximate surface area is 130 Å². The van der Waals surface area contributed by atoms with Crippen molar-refractivity contribution in [3.8, 4) is 0 Å². The quantitative estimate of drug-likeness (QED) is 0.715. The van der Waals surface area contributed by atoms with Gasteiger partial charge in [0.15, 0.2) is 5.82 Å². The lowest BCUT2D eigenvalue weighted by molar-refractivity contribution is 0.267. The van der Waals surface area contributed by atoms with Crippen molar-refractivity contribution in [3.63, 3.8) is 0 Å². The first kappa shape index (κ1) is 16.6. The largest absolute Gasteiger partial charge is 0.394 e. The van der Waals surface area contributed by atoms with Crippen LogP contribution in [-0.2, 0) is 19.5 Å². The molecular formula is C15H25N5O2. The van der Waals surface area contributed by atoms with Crippen LogP contribution in [0.1, 0.15) is 48.4 Å². The molecule has 0 aliphatic heterocycles. The van der Waals surface area contributed by atoms with Crippen LogP contribution in [0.25, 0.3) is 0 Å². The Morgan fingerprint density at radius 1 is 1.32 bits per heavy atom. The second kappa shape index (κ2) is 7.51. The number of hydrogen-bond donors (Lipinski definition) is 2. The molecule has 7 nitrogen and oxygen atoms in total. The van der Waals surface area contributed by atoms with Crippen molar-refractivity contribution < 1.29 is 9.63 Å². The van der Waals surface area contributed by atoms with Crippen LogP contribution in [0.4, 0.5) is 0 Å². The molecule has 0 atom stereocenters. The van der Waals surface area contributed by atoms with E-state index < -0.39 is 0 Å². The van der Waals surface area contributed by atoms with Crippen LogP contribution >= 0.6 is 0 Å². The minimum Gasteiger partial charge on any atom is -0.394 e. The molecule has 2 aromatic heterocycles. The molecule has 0 saturated heterocycles. The fraction of sp³-hybridized carbons (Fsp3) is 0.667. The highest BCUT2D eigenvalue weighted by Crippen LogP contribution is 2.13. The molecular weight excluding hydrogens is 282 g/mol. The topological polar surface area (TPSA) is 89.0 Å². The van der Waals surface area contributed by atoms with E-state index in [1.54, 1.807) is 0 Å². The molecule has 2 aromatic rings. The van der Waals surface area contributed by atoms with Crippen molar-refractivity contribution in [1.29, 1.82) is 0 Å². The smallest absolute Gasteiger partial charge is 0.227 e. The van der Waals surface area contributed by atoms with E-state index in [2.05, 4.69) is 20.6 Å². The summed E-state index contributed by atoms with van der Waals surface area (Å²) in [7, 11) is 0. The van der Waals surface area contributed by atoms with Crippen LogP contribution in [0.5, 0.6) is 0 Å². The van der Waals surface area contributed by atoms with Gasteiger partial charge in [-0.15, -0.1) is 0 Å². The SMILES string of the molecule is Cc1nn(CCO)c(C)c1CNCCc1nc(C(C)C)no1. The number of aromatic nitrogens is 4. The number of hydrogen-bond acceptors (Lipinski definition) is 6. The van der Waals surface area contributed by atoms with Crippen LogP contribution in [0, 0.1) is 13.8 Å². The van der Waals surface area contributed by atoms with Crippen molar-refractivity contribution in [2.45, 2.75) is 53.1 Å². The molecule has 0 fully saturated rings. The van der Waals surface area contributed by atoms with Crippen LogP contribution in [0.15, 0.2) is 4.52 Å². The summed E-state index contributed by atoms with van der Waals surface area (Å²) in [5.74, 6) is 1.71. The second-order valence-corrected chi connectivity index (χ2v) is 5.72. The van der Waals surface area contributed by atoms with Gasteiger partial charge in [-0.05, 0) is 13.8 Å². The van der Waals surface area contributed by atoms with Gasteiger partial charge >= 0.3 is 0 Å².